The van der Waals surface area contributed by atoms with Crippen LogP contribution in [0.4, 0.5) is 8.63 Å². The minimum absolute atomic E-state index is 0.565. The van der Waals surface area contributed by atoms with Crippen LogP contribution in [0.1, 0.15) is 39.5 Å². The maximum atomic E-state index is 16.6. The van der Waals surface area contributed by atoms with Gasteiger partial charge in [-0.3, -0.25) is 0 Å². The summed E-state index contributed by atoms with van der Waals surface area (Å²) in [5, 5.41) is 6.73. The molecular weight excluding hydrogens is 631 g/mol. The lowest BCUT2D eigenvalue weighted by Crippen LogP contribution is -2.50. The van der Waals surface area contributed by atoms with Crippen molar-refractivity contribution in [3.05, 3.63) is 179 Å². The summed E-state index contributed by atoms with van der Waals surface area (Å²) in [4.78, 5) is 0. The Balaban J connectivity index is 1.24. The molecule has 6 heteroatoms. The highest BCUT2D eigenvalue weighted by Crippen LogP contribution is 2.50. The van der Waals surface area contributed by atoms with Gasteiger partial charge in [-0.25, -0.2) is 0 Å². The van der Waals surface area contributed by atoms with Crippen LogP contribution in [0.15, 0.2) is 133 Å². The van der Waals surface area contributed by atoms with Crippen LogP contribution < -0.4 is 0 Å². The van der Waals surface area contributed by atoms with E-state index in [1.165, 1.54) is 30.8 Å². The Bertz CT molecular complexity index is 2720. The molecule has 6 aromatic carbocycles. The lowest BCUT2D eigenvalue weighted by atomic mass is 9.76. The maximum Gasteiger partial charge on any atom is 0.535 e. The van der Waals surface area contributed by atoms with Crippen LogP contribution in [-0.4, -0.2) is 20.5 Å². The highest BCUT2D eigenvalue weighted by atomic mass is 19.2. The third kappa shape index (κ3) is 3.96. The minimum atomic E-state index is -4.08. The van der Waals surface area contributed by atoms with Gasteiger partial charge in [-0.2, -0.15) is 0 Å². The maximum absolute atomic E-state index is 16.6. The lowest BCUT2D eigenvalue weighted by molar-refractivity contribution is 0.513. The van der Waals surface area contributed by atoms with E-state index in [0.29, 0.717) is 22.8 Å². The summed E-state index contributed by atoms with van der Waals surface area (Å²) in [6, 6.07) is 46.8. The molecule has 0 amide bonds. The molecule has 51 heavy (non-hydrogen) atoms. The quantitative estimate of drug-likeness (QED) is 0.101. The molecule has 0 bridgehead atoms. The van der Waals surface area contributed by atoms with Gasteiger partial charge in [0.25, 0.3) is 0 Å². The third-order valence-corrected chi connectivity index (χ3v) is 11.1. The summed E-state index contributed by atoms with van der Waals surface area (Å²) in [6.45, 7) is 3.43. The summed E-state index contributed by atoms with van der Waals surface area (Å²) in [7, 11) is 0. The van der Waals surface area contributed by atoms with Gasteiger partial charge in [0, 0.05) is 43.9 Å². The van der Waals surface area contributed by atoms with Crippen LogP contribution in [-0.2, 0) is 0 Å². The average Bonchev–Trinajstić information content (AvgIpc) is 3.75. The average molecular weight is 666 g/mol. The number of hydrogen-bond donors (Lipinski definition) is 0. The van der Waals surface area contributed by atoms with Gasteiger partial charge in [-0.05, 0) is 105 Å². The first-order valence-electron chi connectivity index (χ1n) is 17.6. The van der Waals surface area contributed by atoms with Crippen LogP contribution in [0.2, 0.25) is 0 Å². The fourth-order valence-electron chi connectivity index (χ4n) is 9.22. The molecule has 3 nitrogen and oxygen atoms in total. The molecule has 1 aliphatic heterocycles. The van der Waals surface area contributed by atoms with Gasteiger partial charge >= 0.3 is 6.97 Å². The van der Waals surface area contributed by atoms with Crippen LogP contribution in [0.5, 0.6) is 0 Å². The van der Waals surface area contributed by atoms with Crippen molar-refractivity contribution in [1.29, 1.82) is 0 Å². The molecule has 0 spiro atoms. The molecule has 10 rings (SSSR count). The van der Waals surface area contributed by atoms with Crippen LogP contribution in [0, 0.1) is 33.6 Å². The van der Waals surface area contributed by atoms with Crippen molar-refractivity contribution in [3.63, 3.8) is 0 Å². The molecule has 0 atom stereocenters. The molecule has 246 valence electrons. The van der Waals surface area contributed by atoms with E-state index < -0.39 is 6.97 Å². The van der Waals surface area contributed by atoms with E-state index in [1.54, 1.807) is 13.8 Å². The second-order valence-corrected chi connectivity index (χ2v) is 14.1. The van der Waals surface area contributed by atoms with E-state index in [4.69, 9.17) is 0 Å². The second-order valence-electron chi connectivity index (χ2n) is 14.1. The van der Waals surface area contributed by atoms with Crippen molar-refractivity contribution in [2.75, 3.05) is 0 Å². The van der Waals surface area contributed by atoms with Crippen molar-refractivity contribution in [2.45, 2.75) is 27.7 Å². The fraction of sp³-hybridized carbons (Fsp3) is 0.0889. The van der Waals surface area contributed by atoms with Gasteiger partial charge in [-0.1, -0.05) is 72.8 Å². The fourth-order valence-corrected chi connectivity index (χ4v) is 9.22. The van der Waals surface area contributed by atoms with Crippen molar-refractivity contribution >= 4 is 50.3 Å². The molecule has 9 aromatic rings. The van der Waals surface area contributed by atoms with Crippen LogP contribution >= 0.6 is 0 Å². The zero-order valence-electron chi connectivity index (χ0n) is 28.9. The number of aryl methyl sites for hydroxylation is 4. The summed E-state index contributed by atoms with van der Waals surface area (Å²) < 4.78 is 38.2. The Morgan fingerprint density at radius 2 is 0.902 bits per heavy atom. The Labute approximate surface area is 295 Å². The van der Waals surface area contributed by atoms with E-state index in [1.807, 2.05) is 26.0 Å². The van der Waals surface area contributed by atoms with E-state index in [0.717, 1.165) is 61.0 Å². The second kappa shape index (κ2) is 10.5. The van der Waals surface area contributed by atoms with Crippen LogP contribution in [0.25, 0.3) is 60.2 Å². The predicted molar refractivity (Wildman–Crippen MR) is 208 cm³/mol. The van der Waals surface area contributed by atoms with Crippen LogP contribution in [0.3, 0.4) is 0 Å². The van der Waals surface area contributed by atoms with Gasteiger partial charge in [-0.15, -0.1) is 0 Å². The van der Waals surface area contributed by atoms with Crippen molar-refractivity contribution < 1.29 is 8.63 Å². The van der Waals surface area contributed by atoms with Crippen molar-refractivity contribution in [3.8, 4) is 16.8 Å². The SMILES string of the molecule is Cc1cc(C)n2c1[C+](c1c3ccccc3c(-c3ccc(-n4c5ccccc5c5ccccc54)cc3)c3ccccc13)c1c(C)cc(C)n1[B-]2(F)F. The standard InChI is InChI=1S/C45H34BF2N3/c1-27-25-29(3)50-44(27)43(45-28(2)26-30(4)51(45)46(50,47)48)42-37-17-7-5-15-35(37)41(36-16-6-8-18-38(36)42)31-21-23-32(24-22-31)49-39-19-11-9-13-33(39)34-14-10-12-20-40(34)49/h5-26H,1-4H3. The molecule has 0 fully saturated rings. The largest absolute Gasteiger partial charge is 0.535 e. The normalized spacial score (nSPS) is 13.8. The smallest absolute Gasteiger partial charge is 0.437 e. The highest BCUT2D eigenvalue weighted by molar-refractivity contribution is 6.64. The Hall–Kier alpha value is -6.01. The summed E-state index contributed by atoms with van der Waals surface area (Å²) >= 11 is 0. The molecule has 0 radical (unpaired) electrons. The number of para-hydroxylation sites is 2. The molecule has 3 aromatic heterocycles. The third-order valence-electron chi connectivity index (χ3n) is 11.1. The molecule has 0 unspecified atom stereocenters. The van der Waals surface area contributed by atoms with E-state index >= 15 is 8.63 Å². The predicted octanol–water partition coefficient (Wildman–Crippen LogP) is 11.7. The van der Waals surface area contributed by atoms with Crippen molar-refractivity contribution in [1.82, 2.24) is 13.5 Å². The number of nitrogens with zero attached hydrogens (tertiary/aromatic N) is 3. The van der Waals surface area contributed by atoms with E-state index in [-0.39, 0.29) is 0 Å². The topological polar surface area (TPSA) is 14.8 Å². The van der Waals surface area contributed by atoms with Gasteiger partial charge < -0.3 is 22.2 Å². The highest BCUT2D eigenvalue weighted by Gasteiger charge is 2.49. The Kier molecular flexibility index (Phi) is 6.15. The Morgan fingerprint density at radius 3 is 1.37 bits per heavy atom. The molecule has 0 aliphatic carbocycles. The first-order chi connectivity index (χ1) is 24.8. The first kappa shape index (κ1) is 29.9. The summed E-state index contributed by atoms with van der Waals surface area (Å²) in [5.74, 6) is 0.861. The van der Waals surface area contributed by atoms with Gasteiger partial charge in [0.15, 0.2) is 0 Å². The zero-order valence-corrected chi connectivity index (χ0v) is 28.9. The molecule has 0 N–H and O–H groups in total. The van der Waals surface area contributed by atoms with E-state index in [2.05, 4.69) is 126 Å². The first-order valence-corrected chi connectivity index (χ1v) is 17.6. The zero-order chi connectivity index (χ0) is 34.8. The van der Waals surface area contributed by atoms with Crippen molar-refractivity contribution in [2.24, 2.45) is 0 Å². The molecule has 0 saturated heterocycles. The number of rotatable bonds is 3. The molecule has 4 heterocycles. The monoisotopic (exact) mass is 665 g/mol. The molecule has 1 aliphatic rings. The minimum Gasteiger partial charge on any atom is -0.437 e. The van der Waals surface area contributed by atoms with Gasteiger partial charge in [0.05, 0.1) is 38.8 Å². The van der Waals surface area contributed by atoms with Gasteiger partial charge in [0.1, 0.15) is 5.92 Å². The number of benzene rings is 6. The number of hydrogen-bond acceptors (Lipinski definition) is 0. The number of halogens is 2. The molecule has 0 saturated carbocycles. The summed E-state index contributed by atoms with van der Waals surface area (Å²) in [5.41, 5.74) is 10.7. The lowest BCUT2D eigenvalue weighted by Gasteiger charge is -2.40. The molecular formula is C45H34BF2N3. The Morgan fingerprint density at radius 1 is 0.490 bits per heavy atom. The number of aromatic nitrogens is 3. The van der Waals surface area contributed by atoms with Gasteiger partial charge in [0.2, 0.25) is 0 Å². The summed E-state index contributed by atoms with van der Waals surface area (Å²) in [6.07, 6.45) is 0. The van der Waals surface area contributed by atoms with E-state index in [9.17, 15) is 0 Å². The number of fused-ring (bicyclic) bond motifs is 7.